The third kappa shape index (κ3) is 3.77. The molecule has 0 bridgehead atoms. The number of fused-ring (bicyclic) bond motifs is 1. The molecule has 0 aliphatic heterocycles. The van der Waals surface area contributed by atoms with E-state index in [0.29, 0.717) is 34.5 Å². The van der Waals surface area contributed by atoms with Crippen molar-refractivity contribution in [1.29, 1.82) is 0 Å². The van der Waals surface area contributed by atoms with Crippen LogP contribution in [0.4, 0.5) is 11.5 Å². The normalized spacial score (nSPS) is 13.4. The van der Waals surface area contributed by atoms with Gasteiger partial charge in [0.05, 0.1) is 0 Å². The van der Waals surface area contributed by atoms with E-state index in [1.807, 2.05) is 42.5 Å². The zero-order valence-electron chi connectivity index (χ0n) is 15.6. The molecule has 1 saturated carbocycles. The number of hydrogen-bond donors (Lipinski definition) is 2. The Morgan fingerprint density at radius 1 is 1.07 bits per heavy atom. The summed E-state index contributed by atoms with van der Waals surface area (Å²) in [5.41, 5.74) is 2.62. The summed E-state index contributed by atoms with van der Waals surface area (Å²) in [5.74, 6) is 1.66. The first-order chi connectivity index (χ1) is 14.3. The van der Waals surface area contributed by atoms with Gasteiger partial charge in [-0.05, 0) is 55.2 Å². The smallest absolute Gasteiger partial charge is 0.251 e. The number of nitrogens with one attached hydrogen (secondary N) is 2. The van der Waals surface area contributed by atoms with Gasteiger partial charge in [0.25, 0.3) is 5.91 Å². The number of carbonyl (C=O) groups is 1. The van der Waals surface area contributed by atoms with Gasteiger partial charge in [-0.3, -0.25) is 9.78 Å². The third-order valence-electron chi connectivity index (χ3n) is 4.81. The average Bonchev–Trinajstić information content (AvgIpc) is 3.50. The summed E-state index contributed by atoms with van der Waals surface area (Å²) in [4.78, 5) is 16.8. The molecule has 1 aliphatic rings. The van der Waals surface area contributed by atoms with Crippen LogP contribution < -0.4 is 10.6 Å². The SMILES string of the molecule is O=C(NCC1CC1)c1ccnc(-c2nnc3ccc(Nc4ccccc4)nn23)c1. The Hall–Kier alpha value is -3.81. The maximum absolute atomic E-state index is 12.4. The van der Waals surface area contributed by atoms with Gasteiger partial charge in [0.1, 0.15) is 5.69 Å². The molecule has 0 atom stereocenters. The fourth-order valence-electron chi connectivity index (χ4n) is 3.04. The number of para-hydroxylation sites is 1. The lowest BCUT2D eigenvalue weighted by molar-refractivity contribution is 0.0951. The van der Waals surface area contributed by atoms with Gasteiger partial charge in [-0.1, -0.05) is 18.2 Å². The minimum Gasteiger partial charge on any atom is -0.352 e. The number of nitrogens with zero attached hydrogens (tertiary/aromatic N) is 5. The van der Waals surface area contributed by atoms with Crippen LogP contribution in [-0.4, -0.2) is 37.2 Å². The molecule has 1 fully saturated rings. The summed E-state index contributed by atoms with van der Waals surface area (Å²) < 4.78 is 1.62. The Kier molecular flexibility index (Phi) is 4.36. The predicted octanol–water partition coefficient (Wildman–Crippen LogP) is 3.07. The summed E-state index contributed by atoms with van der Waals surface area (Å²) in [6.07, 6.45) is 3.99. The van der Waals surface area contributed by atoms with E-state index in [2.05, 4.69) is 30.9 Å². The van der Waals surface area contributed by atoms with Crippen molar-refractivity contribution in [2.24, 2.45) is 5.92 Å². The van der Waals surface area contributed by atoms with E-state index in [1.54, 1.807) is 22.8 Å². The first-order valence-corrected chi connectivity index (χ1v) is 9.55. The van der Waals surface area contributed by atoms with Crippen LogP contribution in [0.2, 0.25) is 0 Å². The first-order valence-electron chi connectivity index (χ1n) is 9.55. The second kappa shape index (κ2) is 7.31. The standard InChI is InChI=1S/C21H19N7O/c29-21(23-13-14-6-7-14)15-10-11-22-17(12-15)20-26-25-19-9-8-18(27-28(19)20)24-16-4-2-1-3-5-16/h1-5,8-12,14H,6-7,13H2,(H,23,29)(H,24,27). The molecular formula is C21H19N7O. The Morgan fingerprint density at radius 3 is 2.76 bits per heavy atom. The molecule has 0 unspecified atom stereocenters. The molecule has 29 heavy (non-hydrogen) atoms. The Labute approximate surface area is 167 Å². The average molecular weight is 385 g/mol. The summed E-state index contributed by atoms with van der Waals surface area (Å²) >= 11 is 0. The van der Waals surface area contributed by atoms with Crippen molar-refractivity contribution >= 4 is 23.1 Å². The molecule has 1 aliphatic carbocycles. The van der Waals surface area contributed by atoms with Crippen LogP contribution in [0.15, 0.2) is 60.8 Å². The van der Waals surface area contributed by atoms with Gasteiger partial charge in [0.2, 0.25) is 5.82 Å². The van der Waals surface area contributed by atoms with Gasteiger partial charge in [-0.25, -0.2) is 0 Å². The lowest BCUT2D eigenvalue weighted by atomic mass is 10.2. The van der Waals surface area contributed by atoms with Crippen molar-refractivity contribution in [1.82, 2.24) is 30.1 Å². The summed E-state index contributed by atoms with van der Waals surface area (Å²) in [7, 11) is 0. The lowest BCUT2D eigenvalue weighted by Gasteiger charge is -2.07. The molecule has 1 aromatic carbocycles. The van der Waals surface area contributed by atoms with E-state index in [4.69, 9.17) is 0 Å². The monoisotopic (exact) mass is 385 g/mol. The van der Waals surface area contributed by atoms with E-state index in [1.165, 1.54) is 12.8 Å². The van der Waals surface area contributed by atoms with Crippen LogP contribution in [-0.2, 0) is 0 Å². The molecule has 2 N–H and O–H groups in total. The fraction of sp³-hybridized carbons (Fsp3) is 0.190. The number of amides is 1. The number of rotatable bonds is 6. The first kappa shape index (κ1) is 17.3. The number of benzene rings is 1. The predicted molar refractivity (Wildman–Crippen MR) is 109 cm³/mol. The quantitative estimate of drug-likeness (QED) is 0.529. The molecule has 0 radical (unpaired) electrons. The zero-order chi connectivity index (χ0) is 19.6. The van der Waals surface area contributed by atoms with Crippen molar-refractivity contribution in [2.45, 2.75) is 12.8 Å². The van der Waals surface area contributed by atoms with E-state index in [9.17, 15) is 4.79 Å². The molecular weight excluding hydrogens is 366 g/mol. The highest BCUT2D eigenvalue weighted by Crippen LogP contribution is 2.27. The Balaban J connectivity index is 1.44. The fourth-order valence-corrected chi connectivity index (χ4v) is 3.04. The van der Waals surface area contributed by atoms with Crippen LogP contribution in [0.25, 0.3) is 17.2 Å². The highest BCUT2D eigenvalue weighted by Gasteiger charge is 2.22. The van der Waals surface area contributed by atoms with Crippen molar-refractivity contribution in [3.05, 3.63) is 66.4 Å². The molecule has 3 aromatic heterocycles. The van der Waals surface area contributed by atoms with Crippen molar-refractivity contribution in [3.63, 3.8) is 0 Å². The third-order valence-corrected chi connectivity index (χ3v) is 4.81. The summed E-state index contributed by atoms with van der Waals surface area (Å²) in [5, 5.41) is 19.2. The highest BCUT2D eigenvalue weighted by atomic mass is 16.1. The minimum atomic E-state index is -0.103. The number of carbonyl (C=O) groups excluding carboxylic acids is 1. The number of anilines is 2. The van der Waals surface area contributed by atoms with Gasteiger partial charge in [0.15, 0.2) is 11.5 Å². The maximum Gasteiger partial charge on any atom is 0.251 e. The van der Waals surface area contributed by atoms with Gasteiger partial charge in [0, 0.05) is 24.0 Å². The van der Waals surface area contributed by atoms with Gasteiger partial charge < -0.3 is 10.6 Å². The zero-order valence-corrected chi connectivity index (χ0v) is 15.6. The molecule has 8 heteroatoms. The van der Waals surface area contributed by atoms with Gasteiger partial charge >= 0.3 is 0 Å². The Bertz CT molecular complexity index is 1170. The topological polar surface area (TPSA) is 97.1 Å². The van der Waals surface area contributed by atoms with Crippen molar-refractivity contribution in [3.8, 4) is 11.5 Å². The molecule has 5 rings (SSSR count). The maximum atomic E-state index is 12.4. The van der Waals surface area contributed by atoms with Crippen LogP contribution in [0.5, 0.6) is 0 Å². The van der Waals surface area contributed by atoms with E-state index in [0.717, 1.165) is 12.2 Å². The van der Waals surface area contributed by atoms with Crippen molar-refractivity contribution < 1.29 is 4.79 Å². The van der Waals surface area contributed by atoms with Crippen LogP contribution >= 0.6 is 0 Å². The van der Waals surface area contributed by atoms with Gasteiger partial charge in [-0.2, -0.15) is 4.52 Å². The Morgan fingerprint density at radius 2 is 1.93 bits per heavy atom. The van der Waals surface area contributed by atoms with Crippen molar-refractivity contribution in [2.75, 3.05) is 11.9 Å². The van der Waals surface area contributed by atoms with Crippen LogP contribution in [0, 0.1) is 5.92 Å². The van der Waals surface area contributed by atoms with Crippen LogP contribution in [0.3, 0.4) is 0 Å². The van der Waals surface area contributed by atoms with Crippen LogP contribution in [0.1, 0.15) is 23.2 Å². The number of aromatic nitrogens is 5. The van der Waals surface area contributed by atoms with E-state index < -0.39 is 0 Å². The van der Waals surface area contributed by atoms with E-state index >= 15 is 0 Å². The van der Waals surface area contributed by atoms with E-state index in [-0.39, 0.29) is 5.91 Å². The highest BCUT2D eigenvalue weighted by molar-refractivity contribution is 5.94. The molecule has 0 saturated heterocycles. The second-order valence-electron chi connectivity index (χ2n) is 7.09. The minimum absolute atomic E-state index is 0.103. The molecule has 8 nitrogen and oxygen atoms in total. The number of hydrogen-bond acceptors (Lipinski definition) is 6. The molecule has 4 aromatic rings. The molecule has 1 amide bonds. The molecule has 3 heterocycles. The molecule has 144 valence electrons. The largest absolute Gasteiger partial charge is 0.352 e. The second-order valence-corrected chi connectivity index (χ2v) is 7.09. The summed E-state index contributed by atoms with van der Waals surface area (Å²) in [6.45, 7) is 0.723. The number of pyridine rings is 1. The molecule has 0 spiro atoms. The summed E-state index contributed by atoms with van der Waals surface area (Å²) in [6, 6.07) is 16.9. The lowest BCUT2D eigenvalue weighted by Crippen LogP contribution is -2.25. The van der Waals surface area contributed by atoms with Gasteiger partial charge in [-0.15, -0.1) is 15.3 Å².